The lowest BCUT2D eigenvalue weighted by atomic mass is 10.00. The van der Waals surface area contributed by atoms with E-state index < -0.39 is 72.2 Å². The number of likely N-dealkylation sites (tertiary alicyclic amines) is 1. The highest BCUT2D eigenvalue weighted by Crippen LogP contribution is 2.21. The van der Waals surface area contributed by atoms with Gasteiger partial charge in [0, 0.05) is 13.0 Å². The zero-order valence-corrected chi connectivity index (χ0v) is 25.4. The lowest BCUT2D eigenvalue weighted by Crippen LogP contribution is -2.59. The molecule has 0 unspecified atom stereocenters. The van der Waals surface area contributed by atoms with Crippen molar-refractivity contribution in [1.82, 2.24) is 20.9 Å². The van der Waals surface area contributed by atoms with Crippen molar-refractivity contribution in [2.45, 2.75) is 95.4 Å². The van der Waals surface area contributed by atoms with Crippen molar-refractivity contribution in [3.05, 3.63) is 35.9 Å². The number of hydrogen-bond donors (Lipinski definition) is 7. The Bertz CT molecular complexity index is 1150. The van der Waals surface area contributed by atoms with Crippen molar-refractivity contribution in [3.63, 3.8) is 0 Å². The van der Waals surface area contributed by atoms with Crippen LogP contribution in [0.3, 0.4) is 0 Å². The summed E-state index contributed by atoms with van der Waals surface area (Å²) >= 11 is 0. The summed E-state index contributed by atoms with van der Waals surface area (Å²) in [6.45, 7) is 4.11. The molecule has 1 aliphatic rings. The number of carbonyl (C=O) groups is 6. The molecular formula is C30H46N6O8. The molecule has 0 radical (unpaired) electrons. The highest BCUT2D eigenvalue weighted by Gasteiger charge is 2.40. The van der Waals surface area contributed by atoms with Gasteiger partial charge in [-0.25, -0.2) is 4.79 Å². The molecule has 4 amide bonds. The zero-order chi connectivity index (χ0) is 32.8. The van der Waals surface area contributed by atoms with E-state index in [0.29, 0.717) is 25.8 Å². The first-order valence-corrected chi connectivity index (χ1v) is 15.0. The summed E-state index contributed by atoms with van der Waals surface area (Å²) in [6, 6.07) is 3.79. The van der Waals surface area contributed by atoms with Crippen molar-refractivity contribution in [1.29, 1.82) is 0 Å². The van der Waals surface area contributed by atoms with Gasteiger partial charge in [0.1, 0.15) is 24.2 Å². The van der Waals surface area contributed by atoms with Gasteiger partial charge in [-0.15, -0.1) is 0 Å². The molecule has 14 heteroatoms. The highest BCUT2D eigenvalue weighted by molar-refractivity contribution is 5.96. The first kappa shape index (κ1) is 36.2. The third kappa shape index (κ3) is 11.2. The van der Waals surface area contributed by atoms with E-state index >= 15 is 0 Å². The van der Waals surface area contributed by atoms with Crippen LogP contribution >= 0.6 is 0 Å². The van der Waals surface area contributed by atoms with Crippen molar-refractivity contribution >= 4 is 35.6 Å². The Morgan fingerprint density at radius 1 is 0.932 bits per heavy atom. The average molecular weight is 619 g/mol. The van der Waals surface area contributed by atoms with Crippen molar-refractivity contribution in [2.75, 3.05) is 13.1 Å². The van der Waals surface area contributed by atoms with Crippen LogP contribution in [0, 0.1) is 5.92 Å². The maximum Gasteiger partial charge on any atom is 0.326 e. The van der Waals surface area contributed by atoms with Crippen LogP contribution in [0.2, 0.25) is 0 Å². The lowest BCUT2D eigenvalue weighted by molar-refractivity contribution is -0.144. The summed E-state index contributed by atoms with van der Waals surface area (Å²) in [5.74, 6) is -5.30. The molecular weight excluding hydrogens is 572 g/mol. The molecule has 0 bridgehead atoms. The minimum Gasteiger partial charge on any atom is -0.481 e. The summed E-state index contributed by atoms with van der Waals surface area (Å²) in [6.07, 6.45) is 1.42. The van der Waals surface area contributed by atoms with Crippen LogP contribution in [0.25, 0.3) is 0 Å². The Morgan fingerprint density at radius 3 is 2.20 bits per heavy atom. The van der Waals surface area contributed by atoms with Crippen LogP contribution in [0.15, 0.2) is 30.3 Å². The molecule has 244 valence electrons. The molecule has 1 saturated heterocycles. The fourth-order valence-corrected chi connectivity index (χ4v) is 5.04. The van der Waals surface area contributed by atoms with Gasteiger partial charge in [-0.1, -0.05) is 44.2 Å². The zero-order valence-electron chi connectivity index (χ0n) is 25.4. The number of amides is 4. The predicted octanol–water partition coefficient (Wildman–Crippen LogP) is -0.264. The van der Waals surface area contributed by atoms with Gasteiger partial charge in [0.05, 0.1) is 6.04 Å². The molecule has 2 rings (SSSR count). The fourth-order valence-electron chi connectivity index (χ4n) is 5.04. The number of aliphatic carboxylic acids is 2. The number of hydrogen-bond acceptors (Lipinski definition) is 8. The molecule has 0 spiro atoms. The van der Waals surface area contributed by atoms with E-state index in [0.717, 1.165) is 5.56 Å². The van der Waals surface area contributed by atoms with Crippen molar-refractivity contribution < 1.29 is 39.0 Å². The number of carbonyl (C=O) groups excluding carboxylic acids is 4. The number of nitrogens with two attached hydrogens (primary N) is 2. The maximum atomic E-state index is 13.7. The molecule has 0 aliphatic carbocycles. The third-order valence-corrected chi connectivity index (χ3v) is 7.55. The van der Waals surface area contributed by atoms with Crippen LogP contribution in [-0.2, 0) is 35.2 Å². The molecule has 1 fully saturated rings. The number of nitrogens with zero attached hydrogens (tertiary/aromatic N) is 1. The minimum absolute atomic E-state index is 0.111. The summed E-state index contributed by atoms with van der Waals surface area (Å²) in [5, 5.41) is 26.4. The summed E-state index contributed by atoms with van der Waals surface area (Å²) in [4.78, 5) is 77.3. The average Bonchev–Trinajstić information content (AvgIpc) is 3.47. The van der Waals surface area contributed by atoms with E-state index in [1.165, 1.54) is 4.90 Å². The molecule has 0 aromatic heterocycles. The van der Waals surface area contributed by atoms with Gasteiger partial charge in [-0.3, -0.25) is 24.0 Å². The fraction of sp³-hybridized carbons (Fsp3) is 0.600. The minimum atomic E-state index is -1.34. The summed E-state index contributed by atoms with van der Waals surface area (Å²) < 4.78 is 0. The number of unbranched alkanes of at least 4 members (excludes halogenated alkanes) is 1. The Labute approximate surface area is 257 Å². The monoisotopic (exact) mass is 618 g/mol. The van der Waals surface area contributed by atoms with Gasteiger partial charge >= 0.3 is 11.9 Å². The van der Waals surface area contributed by atoms with Gasteiger partial charge in [0.15, 0.2) is 0 Å². The largest absolute Gasteiger partial charge is 0.481 e. The van der Waals surface area contributed by atoms with Crippen LogP contribution < -0.4 is 27.4 Å². The number of carboxylic acid groups (broad SMARTS) is 2. The Morgan fingerprint density at radius 2 is 1.61 bits per heavy atom. The van der Waals surface area contributed by atoms with Gasteiger partial charge < -0.3 is 42.5 Å². The van der Waals surface area contributed by atoms with E-state index in [2.05, 4.69) is 16.0 Å². The molecule has 1 aromatic carbocycles. The van der Waals surface area contributed by atoms with Gasteiger partial charge in [0.2, 0.25) is 23.6 Å². The summed E-state index contributed by atoms with van der Waals surface area (Å²) in [7, 11) is 0. The number of nitrogens with one attached hydrogen (secondary N) is 3. The highest BCUT2D eigenvalue weighted by atomic mass is 16.4. The SMILES string of the molecule is CC(C)[C@H](NC(=O)[C@@H](N)Cc1ccccc1)C(=O)N1CCC[C@H]1C(=O)N[C@@H](CCC(=O)O)C(=O)N[C@@H](CCCCN)C(=O)O. The van der Waals surface area contributed by atoms with E-state index in [-0.39, 0.29) is 38.1 Å². The normalized spacial score (nSPS) is 17.3. The van der Waals surface area contributed by atoms with Gasteiger partial charge in [-0.05, 0) is 63.0 Å². The lowest BCUT2D eigenvalue weighted by Gasteiger charge is -2.32. The van der Waals surface area contributed by atoms with E-state index in [9.17, 15) is 39.0 Å². The van der Waals surface area contributed by atoms with Crippen LogP contribution in [0.5, 0.6) is 0 Å². The molecule has 1 heterocycles. The number of carboxylic acids is 2. The second kappa shape index (κ2) is 17.9. The predicted molar refractivity (Wildman–Crippen MR) is 161 cm³/mol. The van der Waals surface area contributed by atoms with Crippen LogP contribution in [0.4, 0.5) is 0 Å². The second-order valence-electron chi connectivity index (χ2n) is 11.4. The molecule has 9 N–H and O–H groups in total. The first-order chi connectivity index (χ1) is 20.8. The van der Waals surface area contributed by atoms with Crippen LogP contribution in [0.1, 0.15) is 64.4 Å². The molecule has 14 nitrogen and oxygen atoms in total. The van der Waals surface area contributed by atoms with Gasteiger partial charge in [-0.2, -0.15) is 0 Å². The quantitative estimate of drug-likeness (QED) is 0.106. The Balaban J connectivity index is 2.13. The van der Waals surface area contributed by atoms with E-state index in [1.807, 2.05) is 30.3 Å². The van der Waals surface area contributed by atoms with Crippen molar-refractivity contribution in [3.8, 4) is 0 Å². The number of benzene rings is 1. The Hall–Kier alpha value is -4.04. The number of rotatable bonds is 18. The molecule has 0 saturated carbocycles. The van der Waals surface area contributed by atoms with Crippen molar-refractivity contribution in [2.24, 2.45) is 17.4 Å². The Kier molecular flexibility index (Phi) is 14.7. The van der Waals surface area contributed by atoms with Gasteiger partial charge in [0.25, 0.3) is 0 Å². The third-order valence-electron chi connectivity index (χ3n) is 7.55. The molecule has 5 atom stereocenters. The topological polar surface area (TPSA) is 234 Å². The standard InChI is InChI=1S/C30H46N6O8/c1-18(2)25(35-26(39)20(32)17-19-9-4-3-5-10-19)29(42)36-16-8-12-23(36)28(41)33-21(13-14-24(37)38)27(40)34-22(30(43)44)11-6-7-15-31/h3-5,9-10,18,20-23,25H,6-8,11-17,31-32H2,1-2H3,(H,33,41)(H,34,40)(H,35,39)(H,37,38)(H,43,44)/t20-,21-,22-,23-,25-/m0/s1. The molecule has 44 heavy (non-hydrogen) atoms. The molecule has 1 aliphatic heterocycles. The second-order valence-corrected chi connectivity index (χ2v) is 11.4. The maximum absolute atomic E-state index is 13.7. The summed E-state index contributed by atoms with van der Waals surface area (Å²) in [5.41, 5.74) is 12.5. The van der Waals surface area contributed by atoms with Crippen LogP contribution in [-0.4, -0.2) is 94.0 Å². The van der Waals surface area contributed by atoms with E-state index in [4.69, 9.17) is 11.5 Å². The van der Waals surface area contributed by atoms with E-state index in [1.54, 1.807) is 13.8 Å². The first-order valence-electron chi connectivity index (χ1n) is 15.0. The smallest absolute Gasteiger partial charge is 0.326 e. The molecule has 1 aromatic rings.